The van der Waals surface area contributed by atoms with Gasteiger partial charge in [-0.15, -0.1) is 0 Å². The predicted octanol–water partition coefficient (Wildman–Crippen LogP) is 3.78. The van der Waals surface area contributed by atoms with E-state index >= 15 is 0 Å². The number of aromatic nitrogens is 2. The molecule has 150 valence electrons. The van der Waals surface area contributed by atoms with Crippen molar-refractivity contribution in [2.24, 2.45) is 0 Å². The average Bonchev–Trinajstić information content (AvgIpc) is 2.78. The summed E-state index contributed by atoms with van der Waals surface area (Å²) in [5.74, 6) is 0.252. The van der Waals surface area contributed by atoms with E-state index in [2.05, 4.69) is 10.3 Å². The normalized spacial score (nSPS) is 11.4. The number of fused-ring (bicyclic) bond motifs is 1. The van der Waals surface area contributed by atoms with Gasteiger partial charge < -0.3 is 5.32 Å². The molecule has 4 aromatic rings. The molecule has 0 spiro atoms. The first-order valence-electron chi connectivity index (χ1n) is 9.87. The number of benzene rings is 3. The van der Waals surface area contributed by atoms with Crippen LogP contribution in [0.25, 0.3) is 10.9 Å². The number of aryl methyl sites for hydroxylation is 1. The van der Waals surface area contributed by atoms with E-state index in [9.17, 15) is 9.59 Å². The van der Waals surface area contributed by atoms with Crippen LogP contribution in [0.1, 0.15) is 23.9 Å². The summed E-state index contributed by atoms with van der Waals surface area (Å²) in [6, 6.07) is 26.8. The Labute approximate surface area is 175 Å². The lowest BCUT2D eigenvalue weighted by atomic mass is 9.84. The van der Waals surface area contributed by atoms with Gasteiger partial charge in [0, 0.05) is 0 Å². The molecule has 3 aromatic carbocycles. The quantitative estimate of drug-likeness (QED) is 0.557. The molecule has 1 aromatic heterocycles. The van der Waals surface area contributed by atoms with Crippen LogP contribution in [0.4, 0.5) is 0 Å². The number of para-hydroxylation sites is 1. The van der Waals surface area contributed by atoms with Crippen molar-refractivity contribution in [3.8, 4) is 0 Å². The summed E-state index contributed by atoms with van der Waals surface area (Å²) < 4.78 is 1.42. The smallest absolute Gasteiger partial charge is 0.261 e. The van der Waals surface area contributed by atoms with E-state index in [1.807, 2.05) is 73.7 Å². The van der Waals surface area contributed by atoms with Gasteiger partial charge in [0.05, 0.1) is 16.4 Å². The van der Waals surface area contributed by atoms with E-state index in [-0.39, 0.29) is 18.0 Å². The molecule has 0 aliphatic heterocycles. The zero-order valence-corrected chi connectivity index (χ0v) is 17.0. The number of carbonyl (C=O) groups is 1. The second-order valence-electron chi connectivity index (χ2n) is 7.47. The molecular weight excluding hydrogens is 374 g/mol. The Hall–Kier alpha value is -3.73. The Morgan fingerprint density at radius 2 is 1.43 bits per heavy atom. The first-order valence-corrected chi connectivity index (χ1v) is 9.87. The highest BCUT2D eigenvalue weighted by atomic mass is 16.2. The Morgan fingerprint density at radius 3 is 2.03 bits per heavy atom. The van der Waals surface area contributed by atoms with E-state index in [1.165, 1.54) is 4.57 Å². The molecule has 0 bridgehead atoms. The van der Waals surface area contributed by atoms with Gasteiger partial charge in [0.2, 0.25) is 5.91 Å². The SMILES string of the molecule is Cc1nc2ccccc2c(=O)n1CC(=O)NC(C)(c1ccccc1)c1ccccc1. The van der Waals surface area contributed by atoms with E-state index in [0.717, 1.165) is 11.1 Å². The molecule has 1 heterocycles. The highest BCUT2D eigenvalue weighted by molar-refractivity contribution is 5.80. The summed E-state index contributed by atoms with van der Waals surface area (Å²) in [5.41, 5.74) is 1.61. The summed E-state index contributed by atoms with van der Waals surface area (Å²) in [6.45, 7) is 3.62. The molecule has 30 heavy (non-hydrogen) atoms. The molecule has 1 amide bonds. The molecule has 0 unspecified atom stereocenters. The van der Waals surface area contributed by atoms with Gasteiger partial charge in [-0.1, -0.05) is 72.8 Å². The third-order valence-electron chi connectivity index (χ3n) is 5.45. The largest absolute Gasteiger partial charge is 0.341 e. The van der Waals surface area contributed by atoms with Gasteiger partial charge in [-0.2, -0.15) is 0 Å². The van der Waals surface area contributed by atoms with Crippen molar-refractivity contribution in [2.75, 3.05) is 0 Å². The lowest BCUT2D eigenvalue weighted by Gasteiger charge is -2.32. The topological polar surface area (TPSA) is 64.0 Å². The number of nitrogens with one attached hydrogen (secondary N) is 1. The highest BCUT2D eigenvalue weighted by Crippen LogP contribution is 2.29. The third-order valence-corrected chi connectivity index (χ3v) is 5.45. The first kappa shape index (κ1) is 19.6. The second kappa shape index (κ2) is 7.95. The van der Waals surface area contributed by atoms with Crippen LogP contribution in [0.3, 0.4) is 0 Å². The van der Waals surface area contributed by atoms with E-state index in [0.29, 0.717) is 16.7 Å². The minimum atomic E-state index is -0.735. The number of hydrogen-bond donors (Lipinski definition) is 1. The molecule has 0 saturated heterocycles. The minimum Gasteiger partial charge on any atom is -0.341 e. The lowest BCUT2D eigenvalue weighted by molar-refractivity contribution is -0.123. The monoisotopic (exact) mass is 397 g/mol. The van der Waals surface area contributed by atoms with Gasteiger partial charge in [0.15, 0.2) is 0 Å². The lowest BCUT2D eigenvalue weighted by Crippen LogP contribution is -2.46. The van der Waals surface area contributed by atoms with Crippen LogP contribution in [0, 0.1) is 6.92 Å². The van der Waals surface area contributed by atoms with Crippen LogP contribution in [-0.4, -0.2) is 15.5 Å². The standard InChI is InChI=1S/C25H23N3O2/c1-18-26-22-16-10-9-15-21(22)24(30)28(18)17-23(29)27-25(2,19-11-5-3-6-12-19)20-13-7-4-8-14-20/h3-16H,17H2,1-2H3,(H,27,29). The number of amides is 1. The van der Waals surface area contributed by atoms with Crippen LogP contribution in [0.15, 0.2) is 89.7 Å². The van der Waals surface area contributed by atoms with Crippen molar-refractivity contribution in [3.05, 3.63) is 112 Å². The molecule has 0 radical (unpaired) electrons. The molecule has 0 saturated carbocycles. The van der Waals surface area contributed by atoms with Crippen molar-refractivity contribution in [1.82, 2.24) is 14.9 Å². The van der Waals surface area contributed by atoms with Gasteiger partial charge in [-0.3, -0.25) is 14.2 Å². The summed E-state index contributed by atoms with van der Waals surface area (Å²) >= 11 is 0. The van der Waals surface area contributed by atoms with Crippen molar-refractivity contribution in [1.29, 1.82) is 0 Å². The number of rotatable bonds is 5. The molecule has 1 N–H and O–H groups in total. The van der Waals surface area contributed by atoms with E-state index in [1.54, 1.807) is 25.1 Å². The van der Waals surface area contributed by atoms with Crippen molar-refractivity contribution in [3.63, 3.8) is 0 Å². The summed E-state index contributed by atoms with van der Waals surface area (Å²) in [7, 11) is 0. The Kier molecular flexibility index (Phi) is 5.19. The molecule has 0 aliphatic rings. The molecule has 0 aliphatic carbocycles. The summed E-state index contributed by atoms with van der Waals surface area (Å²) in [5, 5.41) is 3.65. The van der Waals surface area contributed by atoms with Gasteiger partial charge in [-0.25, -0.2) is 4.98 Å². The van der Waals surface area contributed by atoms with Crippen molar-refractivity contribution < 1.29 is 4.79 Å². The zero-order valence-electron chi connectivity index (χ0n) is 17.0. The van der Waals surface area contributed by atoms with Crippen LogP contribution in [0.2, 0.25) is 0 Å². The molecule has 0 fully saturated rings. The highest BCUT2D eigenvalue weighted by Gasteiger charge is 2.30. The van der Waals surface area contributed by atoms with Gasteiger partial charge in [-0.05, 0) is 37.1 Å². The Morgan fingerprint density at radius 1 is 0.900 bits per heavy atom. The summed E-state index contributed by atoms with van der Waals surface area (Å²) in [6.07, 6.45) is 0. The number of nitrogens with zero attached hydrogens (tertiary/aromatic N) is 2. The van der Waals surface area contributed by atoms with Crippen molar-refractivity contribution >= 4 is 16.8 Å². The Bertz CT molecular complexity index is 1210. The molecule has 4 rings (SSSR count). The third kappa shape index (κ3) is 3.62. The predicted molar refractivity (Wildman–Crippen MR) is 118 cm³/mol. The van der Waals surface area contributed by atoms with Crippen LogP contribution in [-0.2, 0) is 16.9 Å². The second-order valence-corrected chi connectivity index (χ2v) is 7.47. The van der Waals surface area contributed by atoms with Gasteiger partial charge in [0.1, 0.15) is 12.4 Å². The maximum Gasteiger partial charge on any atom is 0.261 e. The van der Waals surface area contributed by atoms with Gasteiger partial charge >= 0.3 is 0 Å². The molecule has 5 nitrogen and oxygen atoms in total. The maximum absolute atomic E-state index is 13.1. The number of hydrogen-bond acceptors (Lipinski definition) is 3. The molecular formula is C25H23N3O2. The van der Waals surface area contributed by atoms with Gasteiger partial charge in [0.25, 0.3) is 5.56 Å². The Balaban J connectivity index is 1.70. The van der Waals surface area contributed by atoms with Crippen molar-refractivity contribution in [2.45, 2.75) is 25.9 Å². The van der Waals surface area contributed by atoms with Crippen LogP contribution >= 0.6 is 0 Å². The fraction of sp³-hybridized carbons (Fsp3) is 0.160. The average molecular weight is 397 g/mol. The maximum atomic E-state index is 13.1. The van der Waals surface area contributed by atoms with E-state index in [4.69, 9.17) is 0 Å². The van der Waals surface area contributed by atoms with Crippen LogP contribution in [0.5, 0.6) is 0 Å². The summed E-state index contributed by atoms with van der Waals surface area (Å²) in [4.78, 5) is 30.5. The first-order chi connectivity index (χ1) is 14.5. The van der Waals surface area contributed by atoms with E-state index < -0.39 is 5.54 Å². The molecule has 5 heteroatoms. The van der Waals surface area contributed by atoms with Crippen LogP contribution < -0.4 is 10.9 Å². The number of carbonyl (C=O) groups excluding carboxylic acids is 1. The fourth-order valence-electron chi connectivity index (χ4n) is 3.78. The minimum absolute atomic E-state index is 0.0994. The molecule has 0 atom stereocenters. The zero-order chi connectivity index (χ0) is 21.1. The fourth-order valence-corrected chi connectivity index (χ4v) is 3.78.